The zero-order valence-electron chi connectivity index (χ0n) is 10.0. The quantitative estimate of drug-likeness (QED) is 0.619. The fourth-order valence-electron chi connectivity index (χ4n) is 2.30. The van der Waals surface area contributed by atoms with Crippen molar-refractivity contribution in [1.29, 1.82) is 0 Å². The Morgan fingerprint density at radius 2 is 1.67 bits per heavy atom. The monoisotopic (exact) mass is 210 g/mol. The lowest BCUT2D eigenvalue weighted by molar-refractivity contribution is -0.249. The average molecular weight is 210 g/mol. The van der Waals surface area contributed by atoms with Crippen LogP contribution in [0.1, 0.15) is 33.6 Å². The number of rotatable bonds is 1. The van der Waals surface area contributed by atoms with Crippen LogP contribution in [0, 0.1) is 17.3 Å². The summed E-state index contributed by atoms with van der Waals surface area (Å²) < 4.78 is 11.7. The van der Waals surface area contributed by atoms with Gasteiger partial charge < -0.3 is 9.47 Å². The topological polar surface area (TPSA) is 18.5 Å². The molecule has 15 heavy (non-hydrogen) atoms. The van der Waals surface area contributed by atoms with Crippen molar-refractivity contribution in [2.45, 2.75) is 39.9 Å². The molecule has 1 aliphatic carbocycles. The molecule has 0 radical (unpaired) electrons. The first-order valence-electron chi connectivity index (χ1n) is 5.97. The van der Waals surface area contributed by atoms with Crippen LogP contribution in [0.2, 0.25) is 0 Å². The van der Waals surface area contributed by atoms with Crippen LogP contribution in [-0.2, 0) is 9.47 Å². The molecule has 2 nitrogen and oxygen atoms in total. The molecule has 0 saturated carbocycles. The third-order valence-corrected chi connectivity index (χ3v) is 3.44. The minimum atomic E-state index is 0.0259. The Kier molecular flexibility index (Phi) is 3.17. The molecule has 0 N–H and O–H groups in total. The van der Waals surface area contributed by atoms with E-state index in [0.717, 1.165) is 26.1 Å². The van der Waals surface area contributed by atoms with Crippen molar-refractivity contribution in [3.8, 4) is 0 Å². The summed E-state index contributed by atoms with van der Waals surface area (Å²) in [6.07, 6.45) is 6.83. The van der Waals surface area contributed by atoms with E-state index in [0.29, 0.717) is 11.8 Å². The molecule has 1 aliphatic heterocycles. The highest BCUT2D eigenvalue weighted by atomic mass is 16.7. The maximum Gasteiger partial charge on any atom is 0.160 e. The summed E-state index contributed by atoms with van der Waals surface area (Å²) in [7, 11) is 0. The highest BCUT2D eigenvalue weighted by Crippen LogP contribution is 2.34. The van der Waals surface area contributed by atoms with Crippen molar-refractivity contribution in [1.82, 2.24) is 0 Å². The van der Waals surface area contributed by atoms with E-state index < -0.39 is 0 Å². The highest BCUT2D eigenvalue weighted by molar-refractivity contribution is 4.94. The minimum absolute atomic E-state index is 0.0259. The van der Waals surface area contributed by atoms with Crippen LogP contribution in [0.3, 0.4) is 0 Å². The first-order chi connectivity index (χ1) is 7.08. The molecule has 1 fully saturated rings. The molecule has 1 heterocycles. The normalized spacial score (nSPS) is 36.7. The zero-order valence-corrected chi connectivity index (χ0v) is 10.0. The molecule has 1 saturated heterocycles. The molecule has 0 bridgehead atoms. The molecule has 0 aromatic carbocycles. The van der Waals surface area contributed by atoms with Crippen molar-refractivity contribution in [2.75, 3.05) is 13.2 Å². The molecule has 0 aromatic heterocycles. The lowest BCUT2D eigenvalue weighted by Crippen LogP contribution is -2.43. The summed E-state index contributed by atoms with van der Waals surface area (Å²) in [4.78, 5) is 0. The Bertz CT molecular complexity index is 235. The standard InChI is InChI=1S/C13H22O2/c1-10-6-4-5-7-11(10)12-14-8-13(2,3)9-15-12/h4-5,10-12H,6-9H2,1-3H3/t10-,11-/m1/s1. The van der Waals surface area contributed by atoms with Crippen molar-refractivity contribution < 1.29 is 9.47 Å². The van der Waals surface area contributed by atoms with Gasteiger partial charge in [0.25, 0.3) is 0 Å². The largest absolute Gasteiger partial charge is 0.352 e. The fraction of sp³-hybridized carbons (Fsp3) is 0.846. The van der Waals surface area contributed by atoms with Crippen LogP contribution < -0.4 is 0 Å². The highest BCUT2D eigenvalue weighted by Gasteiger charge is 2.35. The predicted molar refractivity (Wildman–Crippen MR) is 60.5 cm³/mol. The molecule has 2 atom stereocenters. The van der Waals surface area contributed by atoms with Crippen LogP contribution in [0.4, 0.5) is 0 Å². The molecule has 2 aliphatic rings. The van der Waals surface area contributed by atoms with Crippen molar-refractivity contribution >= 4 is 0 Å². The summed E-state index contributed by atoms with van der Waals surface area (Å²) >= 11 is 0. The van der Waals surface area contributed by atoms with Gasteiger partial charge in [-0.05, 0) is 18.8 Å². The Morgan fingerprint density at radius 3 is 2.27 bits per heavy atom. The first-order valence-corrected chi connectivity index (χ1v) is 5.97. The van der Waals surface area contributed by atoms with Gasteiger partial charge in [0.2, 0.25) is 0 Å². The minimum Gasteiger partial charge on any atom is -0.352 e. The number of hydrogen-bond acceptors (Lipinski definition) is 2. The average Bonchev–Trinajstić information content (AvgIpc) is 2.19. The Morgan fingerprint density at radius 1 is 1.07 bits per heavy atom. The van der Waals surface area contributed by atoms with Gasteiger partial charge in [-0.15, -0.1) is 0 Å². The molecular weight excluding hydrogens is 188 g/mol. The maximum absolute atomic E-state index is 5.85. The van der Waals surface area contributed by atoms with E-state index >= 15 is 0 Å². The third-order valence-electron chi connectivity index (χ3n) is 3.44. The molecule has 0 unspecified atom stereocenters. The summed E-state index contributed by atoms with van der Waals surface area (Å²) in [5.74, 6) is 1.23. The summed E-state index contributed by atoms with van der Waals surface area (Å²) in [5.41, 5.74) is 0.185. The Labute approximate surface area is 92.6 Å². The van der Waals surface area contributed by atoms with E-state index in [1.54, 1.807) is 0 Å². The molecule has 86 valence electrons. The smallest absolute Gasteiger partial charge is 0.160 e. The lowest BCUT2D eigenvalue weighted by atomic mass is 9.83. The van der Waals surface area contributed by atoms with Gasteiger partial charge in [0.05, 0.1) is 13.2 Å². The van der Waals surface area contributed by atoms with Crippen LogP contribution in [-0.4, -0.2) is 19.5 Å². The van der Waals surface area contributed by atoms with Gasteiger partial charge >= 0.3 is 0 Å². The van der Waals surface area contributed by atoms with Crippen LogP contribution >= 0.6 is 0 Å². The molecule has 0 spiro atoms. The van der Waals surface area contributed by atoms with Gasteiger partial charge in [-0.25, -0.2) is 0 Å². The van der Waals surface area contributed by atoms with E-state index in [9.17, 15) is 0 Å². The molecular formula is C13H22O2. The van der Waals surface area contributed by atoms with E-state index in [1.807, 2.05) is 0 Å². The second kappa shape index (κ2) is 4.26. The summed E-state index contributed by atoms with van der Waals surface area (Å²) in [6, 6.07) is 0. The number of hydrogen-bond donors (Lipinski definition) is 0. The van der Waals surface area contributed by atoms with Gasteiger partial charge in [0, 0.05) is 11.3 Å². The molecule has 2 rings (SSSR count). The molecule has 0 aromatic rings. The predicted octanol–water partition coefficient (Wildman–Crippen LogP) is 2.99. The Balaban J connectivity index is 1.92. The van der Waals surface area contributed by atoms with E-state index in [1.165, 1.54) is 0 Å². The second-order valence-electron chi connectivity index (χ2n) is 5.74. The third kappa shape index (κ3) is 2.61. The Hall–Kier alpha value is -0.340. The SMILES string of the molecule is C[C@@H]1CC=CC[C@H]1C1OCC(C)(C)CO1. The van der Waals surface area contributed by atoms with Gasteiger partial charge in [-0.2, -0.15) is 0 Å². The van der Waals surface area contributed by atoms with Gasteiger partial charge in [-0.1, -0.05) is 32.9 Å². The number of allylic oxidation sites excluding steroid dienone is 2. The first kappa shape index (κ1) is 11.2. The fourth-order valence-corrected chi connectivity index (χ4v) is 2.30. The van der Waals surface area contributed by atoms with Crippen LogP contribution in [0.5, 0.6) is 0 Å². The zero-order chi connectivity index (χ0) is 10.9. The summed E-state index contributed by atoms with van der Waals surface area (Å²) in [6.45, 7) is 8.32. The summed E-state index contributed by atoms with van der Waals surface area (Å²) in [5, 5.41) is 0. The van der Waals surface area contributed by atoms with Gasteiger partial charge in [0.1, 0.15) is 0 Å². The van der Waals surface area contributed by atoms with Gasteiger partial charge in [-0.3, -0.25) is 0 Å². The number of ether oxygens (including phenoxy) is 2. The van der Waals surface area contributed by atoms with Crippen LogP contribution in [0.25, 0.3) is 0 Å². The molecule has 0 amide bonds. The van der Waals surface area contributed by atoms with Gasteiger partial charge in [0.15, 0.2) is 6.29 Å². The van der Waals surface area contributed by atoms with Crippen LogP contribution in [0.15, 0.2) is 12.2 Å². The van der Waals surface area contributed by atoms with E-state index in [4.69, 9.17) is 9.47 Å². The molecule has 2 heteroatoms. The maximum atomic E-state index is 5.85. The lowest BCUT2D eigenvalue weighted by Gasteiger charge is -2.40. The van der Waals surface area contributed by atoms with Crippen molar-refractivity contribution in [3.63, 3.8) is 0 Å². The van der Waals surface area contributed by atoms with E-state index in [2.05, 4.69) is 32.9 Å². The second-order valence-corrected chi connectivity index (χ2v) is 5.74. The van der Waals surface area contributed by atoms with Crippen molar-refractivity contribution in [2.24, 2.45) is 17.3 Å². The van der Waals surface area contributed by atoms with E-state index in [-0.39, 0.29) is 11.7 Å². The van der Waals surface area contributed by atoms with Crippen molar-refractivity contribution in [3.05, 3.63) is 12.2 Å².